The molecule has 0 unspecified atom stereocenters. The minimum Gasteiger partial charge on any atom is -0.497 e. The molecule has 0 atom stereocenters. The molecule has 0 radical (unpaired) electrons. The van der Waals surface area contributed by atoms with Crippen LogP contribution in [-0.4, -0.2) is 25.1 Å². The Morgan fingerprint density at radius 1 is 0.900 bits per heavy atom. The van der Waals surface area contributed by atoms with Gasteiger partial charge in [-0.2, -0.15) is 0 Å². The normalized spacial score (nSPS) is 10.6. The zero-order valence-electron chi connectivity index (χ0n) is 17.1. The lowest BCUT2D eigenvalue weighted by atomic mass is 10.0. The number of rotatable bonds is 5. The fraction of sp³-hybridized carbons (Fsp3) is 0.120. The van der Waals surface area contributed by atoms with Gasteiger partial charge in [-0.25, -0.2) is 4.98 Å². The summed E-state index contributed by atoms with van der Waals surface area (Å²) in [4.78, 5) is 17.9. The van der Waals surface area contributed by atoms with Gasteiger partial charge < -0.3 is 14.8 Å². The molecule has 5 heteroatoms. The van der Waals surface area contributed by atoms with Gasteiger partial charge in [0.15, 0.2) is 0 Å². The topological polar surface area (TPSA) is 60.5 Å². The van der Waals surface area contributed by atoms with E-state index in [4.69, 9.17) is 14.5 Å². The van der Waals surface area contributed by atoms with Crippen molar-refractivity contribution in [1.82, 2.24) is 4.98 Å². The van der Waals surface area contributed by atoms with Gasteiger partial charge in [0, 0.05) is 22.7 Å². The maximum atomic E-state index is 13.2. The number of amides is 1. The van der Waals surface area contributed by atoms with Crippen molar-refractivity contribution in [2.24, 2.45) is 0 Å². The van der Waals surface area contributed by atoms with Crippen LogP contribution >= 0.6 is 0 Å². The first kappa shape index (κ1) is 19.5. The minimum absolute atomic E-state index is 0.189. The van der Waals surface area contributed by atoms with Gasteiger partial charge in [-0.15, -0.1) is 0 Å². The number of para-hydroxylation sites is 1. The van der Waals surface area contributed by atoms with Crippen molar-refractivity contribution in [2.45, 2.75) is 6.92 Å². The van der Waals surface area contributed by atoms with Gasteiger partial charge in [-0.3, -0.25) is 4.79 Å². The van der Waals surface area contributed by atoms with Crippen molar-refractivity contribution in [3.63, 3.8) is 0 Å². The van der Waals surface area contributed by atoms with E-state index in [1.165, 1.54) is 0 Å². The van der Waals surface area contributed by atoms with Crippen LogP contribution in [0.25, 0.3) is 22.2 Å². The van der Waals surface area contributed by atoms with Crippen molar-refractivity contribution in [1.29, 1.82) is 0 Å². The lowest BCUT2D eigenvalue weighted by Crippen LogP contribution is -2.13. The van der Waals surface area contributed by atoms with Crippen molar-refractivity contribution < 1.29 is 14.3 Å². The van der Waals surface area contributed by atoms with Crippen molar-refractivity contribution in [2.75, 3.05) is 19.5 Å². The SMILES string of the molecule is COc1ccc(-c2cc(C(=O)Nc3ccc(C)cc3)c3ccccc3n2)c(OC)c1. The van der Waals surface area contributed by atoms with Crippen LogP contribution in [0, 0.1) is 6.92 Å². The summed E-state index contributed by atoms with van der Waals surface area (Å²) in [7, 11) is 3.21. The quantitative estimate of drug-likeness (QED) is 0.484. The van der Waals surface area contributed by atoms with Crippen molar-refractivity contribution in [3.8, 4) is 22.8 Å². The molecule has 150 valence electrons. The molecule has 5 nitrogen and oxygen atoms in total. The Balaban J connectivity index is 1.82. The molecule has 1 aromatic heterocycles. The summed E-state index contributed by atoms with van der Waals surface area (Å²) in [6.07, 6.45) is 0. The predicted octanol–water partition coefficient (Wildman–Crippen LogP) is 5.48. The Bertz CT molecular complexity index is 1220. The second-order valence-electron chi connectivity index (χ2n) is 6.96. The highest BCUT2D eigenvalue weighted by Crippen LogP contribution is 2.34. The van der Waals surface area contributed by atoms with E-state index in [1.54, 1.807) is 26.4 Å². The summed E-state index contributed by atoms with van der Waals surface area (Å²) in [6, 6.07) is 22.7. The third-order valence-electron chi connectivity index (χ3n) is 4.95. The van der Waals surface area contributed by atoms with Gasteiger partial charge in [0.2, 0.25) is 0 Å². The highest BCUT2D eigenvalue weighted by Gasteiger charge is 2.16. The number of aryl methyl sites for hydroxylation is 1. The first-order valence-corrected chi connectivity index (χ1v) is 9.59. The molecule has 0 saturated carbocycles. The Morgan fingerprint density at radius 3 is 2.40 bits per heavy atom. The first-order valence-electron chi connectivity index (χ1n) is 9.59. The summed E-state index contributed by atoms with van der Waals surface area (Å²) >= 11 is 0. The molecule has 0 bridgehead atoms. The van der Waals surface area contributed by atoms with Crippen LogP contribution in [0.4, 0.5) is 5.69 Å². The van der Waals surface area contributed by atoms with E-state index in [2.05, 4.69) is 5.32 Å². The standard InChI is InChI=1S/C25H22N2O3/c1-16-8-10-17(11-9-16)26-25(28)21-15-23(27-22-7-5-4-6-19(21)22)20-13-12-18(29-2)14-24(20)30-3/h4-15H,1-3H3,(H,26,28). The summed E-state index contributed by atoms with van der Waals surface area (Å²) in [6.45, 7) is 2.01. The number of aromatic nitrogens is 1. The second kappa shape index (κ2) is 8.25. The summed E-state index contributed by atoms with van der Waals surface area (Å²) in [5, 5.41) is 3.78. The maximum Gasteiger partial charge on any atom is 0.256 e. The highest BCUT2D eigenvalue weighted by molar-refractivity contribution is 6.13. The van der Waals surface area contributed by atoms with E-state index in [-0.39, 0.29) is 5.91 Å². The van der Waals surface area contributed by atoms with Crippen LogP contribution in [0.5, 0.6) is 11.5 Å². The third-order valence-corrected chi connectivity index (χ3v) is 4.95. The van der Waals surface area contributed by atoms with Gasteiger partial charge in [0.25, 0.3) is 5.91 Å². The van der Waals surface area contributed by atoms with Gasteiger partial charge in [-0.05, 0) is 43.3 Å². The van der Waals surface area contributed by atoms with Gasteiger partial charge in [0.05, 0.1) is 31.0 Å². The summed E-state index contributed by atoms with van der Waals surface area (Å²) < 4.78 is 10.8. The van der Waals surface area contributed by atoms with Crippen LogP contribution in [0.3, 0.4) is 0 Å². The molecular formula is C25H22N2O3. The lowest BCUT2D eigenvalue weighted by molar-refractivity contribution is 0.102. The Kier molecular flexibility index (Phi) is 5.35. The largest absolute Gasteiger partial charge is 0.497 e. The number of carbonyl (C=O) groups excluding carboxylic acids is 1. The number of methoxy groups -OCH3 is 2. The van der Waals surface area contributed by atoms with Gasteiger partial charge >= 0.3 is 0 Å². The molecule has 4 aromatic rings. The fourth-order valence-electron chi connectivity index (χ4n) is 3.35. The molecule has 4 rings (SSSR count). The number of hydrogen-bond acceptors (Lipinski definition) is 4. The van der Waals surface area contributed by atoms with E-state index < -0.39 is 0 Å². The van der Waals surface area contributed by atoms with Crippen LogP contribution in [0.1, 0.15) is 15.9 Å². The molecule has 0 saturated heterocycles. The molecular weight excluding hydrogens is 376 g/mol. The van der Waals surface area contributed by atoms with Crippen LogP contribution in [-0.2, 0) is 0 Å². The number of carbonyl (C=O) groups is 1. The number of anilines is 1. The molecule has 0 spiro atoms. The minimum atomic E-state index is -0.189. The molecule has 1 amide bonds. The number of nitrogens with one attached hydrogen (secondary N) is 1. The fourth-order valence-corrected chi connectivity index (χ4v) is 3.35. The van der Waals surface area contributed by atoms with Crippen LogP contribution in [0.15, 0.2) is 72.8 Å². The average Bonchev–Trinajstić information content (AvgIpc) is 2.79. The van der Waals surface area contributed by atoms with E-state index in [1.807, 2.05) is 67.6 Å². The number of fused-ring (bicyclic) bond motifs is 1. The Morgan fingerprint density at radius 2 is 1.67 bits per heavy atom. The van der Waals surface area contributed by atoms with Crippen molar-refractivity contribution >= 4 is 22.5 Å². The molecule has 0 aliphatic carbocycles. The summed E-state index contributed by atoms with van der Waals surface area (Å²) in [5.74, 6) is 1.13. The second-order valence-corrected chi connectivity index (χ2v) is 6.96. The predicted molar refractivity (Wildman–Crippen MR) is 119 cm³/mol. The highest BCUT2D eigenvalue weighted by atomic mass is 16.5. The van der Waals surface area contributed by atoms with Crippen molar-refractivity contribution in [3.05, 3.63) is 83.9 Å². The Labute approximate surface area is 175 Å². The monoisotopic (exact) mass is 398 g/mol. The molecule has 30 heavy (non-hydrogen) atoms. The molecule has 1 N–H and O–H groups in total. The zero-order chi connectivity index (χ0) is 21.1. The number of hydrogen-bond donors (Lipinski definition) is 1. The number of nitrogens with zero attached hydrogens (tertiary/aromatic N) is 1. The van der Waals surface area contributed by atoms with E-state index in [0.717, 1.165) is 27.7 Å². The molecule has 0 aliphatic heterocycles. The zero-order valence-corrected chi connectivity index (χ0v) is 17.1. The molecule has 0 aliphatic rings. The molecule has 3 aromatic carbocycles. The smallest absolute Gasteiger partial charge is 0.256 e. The van der Waals surface area contributed by atoms with Crippen LogP contribution < -0.4 is 14.8 Å². The molecule has 1 heterocycles. The average molecular weight is 398 g/mol. The number of pyridine rings is 1. The van der Waals surface area contributed by atoms with E-state index >= 15 is 0 Å². The number of ether oxygens (including phenoxy) is 2. The van der Waals surface area contributed by atoms with E-state index in [0.29, 0.717) is 22.8 Å². The molecule has 0 fully saturated rings. The summed E-state index contributed by atoms with van der Waals surface area (Å²) in [5.41, 5.74) is 4.61. The first-order chi connectivity index (χ1) is 14.6. The maximum absolute atomic E-state index is 13.2. The Hall–Kier alpha value is -3.86. The number of benzene rings is 3. The lowest BCUT2D eigenvalue weighted by Gasteiger charge is -2.13. The van der Waals surface area contributed by atoms with Gasteiger partial charge in [-0.1, -0.05) is 35.9 Å². The van der Waals surface area contributed by atoms with E-state index in [9.17, 15) is 4.79 Å². The third kappa shape index (κ3) is 3.82. The van der Waals surface area contributed by atoms with Crippen LogP contribution in [0.2, 0.25) is 0 Å². The van der Waals surface area contributed by atoms with Gasteiger partial charge in [0.1, 0.15) is 11.5 Å².